The number of hydrogen-bond donors (Lipinski definition) is 3. The summed E-state index contributed by atoms with van der Waals surface area (Å²) in [5, 5.41) is 9.66. The van der Waals surface area contributed by atoms with Gasteiger partial charge in [-0.05, 0) is 111 Å². The molecule has 0 spiro atoms. The second kappa shape index (κ2) is 20.0. The number of ketones is 2. The summed E-state index contributed by atoms with van der Waals surface area (Å²) in [7, 11) is 0. The van der Waals surface area contributed by atoms with Crippen LogP contribution in [-0.4, -0.2) is 47.1 Å². The number of carbonyl (C=O) groups is 3. The summed E-state index contributed by atoms with van der Waals surface area (Å²) in [6.45, 7) is 14.3. The van der Waals surface area contributed by atoms with Gasteiger partial charge in [0.2, 0.25) is 0 Å². The SMILES string of the molecule is C=C(NCCCC(=O)Cc1cc(C(F)(F)F)cc(CC(=O)Cc2ccc3nc(-c4ccc(NCCCC)cc4)sc3c2)c1SCCC)NC(=O)OC(C)(C)C. The minimum absolute atomic E-state index is 0.0464. The molecule has 296 valence electrons. The highest BCUT2D eigenvalue weighted by Gasteiger charge is 2.33. The molecular weight excluding hydrogens is 746 g/mol. The van der Waals surface area contributed by atoms with E-state index in [4.69, 9.17) is 9.72 Å². The number of nitrogens with one attached hydrogen (secondary N) is 3. The molecule has 4 aromatic rings. The van der Waals surface area contributed by atoms with Gasteiger partial charge in [0.05, 0.1) is 15.8 Å². The fourth-order valence-electron chi connectivity index (χ4n) is 5.71. The molecule has 0 saturated carbocycles. The van der Waals surface area contributed by atoms with Crippen molar-refractivity contribution < 1.29 is 32.3 Å². The summed E-state index contributed by atoms with van der Waals surface area (Å²) in [5.41, 5.74) is 2.60. The summed E-state index contributed by atoms with van der Waals surface area (Å²) >= 11 is 2.90. The first-order valence-electron chi connectivity index (χ1n) is 18.6. The van der Waals surface area contributed by atoms with E-state index in [1.807, 2.05) is 49.4 Å². The highest BCUT2D eigenvalue weighted by Crippen LogP contribution is 2.37. The molecular formula is C42H51F3N4O4S2. The van der Waals surface area contributed by atoms with Crippen LogP contribution in [-0.2, 0) is 39.8 Å². The minimum Gasteiger partial charge on any atom is -0.444 e. The number of fused-ring (bicyclic) bond motifs is 1. The van der Waals surface area contributed by atoms with Crippen molar-refractivity contribution in [2.45, 2.75) is 103 Å². The number of aromatic nitrogens is 1. The lowest BCUT2D eigenvalue weighted by molar-refractivity contribution is -0.138. The average Bonchev–Trinajstić information content (AvgIpc) is 3.52. The van der Waals surface area contributed by atoms with E-state index < -0.39 is 23.4 Å². The van der Waals surface area contributed by atoms with Crippen molar-refractivity contribution in [2.75, 3.05) is 24.2 Å². The number of halogens is 3. The van der Waals surface area contributed by atoms with Crippen molar-refractivity contribution in [1.82, 2.24) is 15.6 Å². The number of alkyl carbamates (subject to hydrolysis) is 1. The van der Waals surface area contributed by atoms with Gasteiger partial charge in [0.1, 0.15) is 28.0 Å². The zero-order chi connectivity index (χ0) is 40.2. The Morgan fingerprint density at radius 3 is 2.20 bits per heavy atom. The van der Waals surface area contributed by atoms with Crippen LogP contribution in [0.1, 0.15) is 89.0 Å². The first-order valence-corrected chi connectivity index (χ1v) is 20.4. The number of carbonyl (C=O) groups excluding carboxylic acids is 3. The summed E-state index contributed by atoms with van der Waals surface area (Å²) in [5.74, 6) is 0.364. The number of alkyl halides is 3. The second-order valence-electron chi connectivity index (χ2n) is 14.4. The number of amides is 1. The third-order valence-corrected chi connectivity index (χ3v) is 10.8. The Labute approximate surface area is 330 Å². The van der Waals surface area contributed by atoms with Crippen molar-refractivity contribution >= 4 is 56.7 Å². The van der Waals surface area contributed by atoms with Crippen molar-refractivity contribution in [3.05, 3.63) is 89.3 Å². The Morgan fingerprint density at radius 1 is 0.873 bits per heavy atom. The van der Waals surface area contributed by atoms with Crippen LogP contribution in [0.15, 0.2) is 71.9 Å². The van der Waals surface area contributed by atoms with Crippen molar-refractivity contribution in [3.8, 4) is 10.6 Å². The van der Waals surface area contributed by atoms with Gasteiger partial charge in [0, 0.05) is 54.9 Å². The van der Waals surface area contributed by atoms with Crippen LogP contribution in [0.5, 0.6) is 0 Å². The second-order valence-corrected chi connectivity index (χ2v) is 16.5. The summed E-state index contributed by atoms with van der Waals surface area (Å²) < 4.78 is 48.6. The smallest absolute Gasteiger partial charge is 0.416 e. The van der Waals surface area contributed by atoms with E-state index in [2.05, 4.69) is 29.5 Å². The monoisotopic (exact) mass is 796 g/mol. The molecule has 4 rings (SSSR count). The van der Waals surface area contributed by atoms with E-state index in [0.29, 0.717) is 23.6 Å². The van der Waals surface area contributed by atoms with E-state index in [0.717, 1.165) is 70.0 Å². The number of nitrogens with zero attached hydrogens (tertiary/aromatic N) is 1. The molecule has 0 aliphatic heterocycles. The van der Waals surface area contributed by atoms with Crippen LogP contribution >= 0.6 is 23.1 Å². The Morgan fingerprint density at radius 2 is 1.56 bits per heavy atom. The molecule has 8 nitrogen and oxygen atoms in total. The van der Waals surface area contributed by atoms with E-state index in [1.165, 1.54) is 23.1 Å². The fourth-order valence-corrected chi connectivity index (χ4v) is 7.79. The van der Waals surface area contributed by atoms with Crippen molar-refractivity contribution in [3.63, 3.8) is 0 Å². The number of thioether (sulfide) groups is 1. The molecule has 3 aromatic carbocycles. The largest absolute Gasteiger partial charge is 0.444 e. The van der Waals surface area contributed by atoms with Crippen LogP contribution in [0.2, 0.25) is 0 Å². The molecule has 1 amide bonds. The molecule has 0 bridgehead atoms. The zero-order valence-corrected chi connectivity index (χ0v) is 33.8. The molecule has 13 heteroatoms. The van der Waals surface area contributed by atoms with Crippen LogP contribution in [0, 0.1) is 0 Å². The maximum absolute atomic E-state index is 14.2. The van der Waals surface area contributed by atoms with Gasteiger partial charge in [-0.15, -0.1) is 23.1 Å². The molecule has 1 heterocycles. The number of ether oxygens (including phenoxy) is 1. The van der Waals surface area contributed by atoms with Crippen LogP contribution < -0.4 is 16.0 Å². The molecule has 3 N–H and O–H groups in total. The lowest BCUT2D eigenvalue weighted by atomic mass is 9.96. The van der Waals surface area contributed by atoms with Crippen LogP contribution in [0.4, 0.5) is 23.7 Å². The Balaban J connectivity index is 1.44. The summed E-state index contributed by atoms with van der Waals surface area (Å²) in [6.07, 6.45) is -2.23. The number of unbranched alkanes of at least 4 members (excludes halogenated alkanes) is 1. The predicted octanol–water partition coefficient (Wildman–Crippen LogP) is 10.5. The lowest BCUT2D eigenvalue weighted by Crippen LogP contribution is -2.36. The third-order valence-electron chi connectivity index (χ3n) is 8.26. The maximum atomic E-state index is 14.2. The normalized spacial score (nSPS) is 11.7. The minimum atomic E-state index is -4.66. The van der Waals surface area contributed by atoms with Gasteiger partial charge in [-0.3, -0.25) is 14.9 Å². The highest BCUT2D eigenvalue weighted by molar-refractivity contribution is 7.99. The van der Waals surface area contributed by atoms with Gasteiger partial charge in [-0.25, -0.2) is 9.78 Å². The topological polar surface area (TPSA) is 109 Å². The van der Waals surface area contributed by atoms with Gasteiger partial charge in [-0.1, -0.05) is 32.9 Å². The molecule has 0 atom stereocenters. The number of hydrogen-bond acceptors (Lipinski definition) is 9. The van der Waals surface area contributed by atoms with E-state index >= 15 is 0 Å². The van der Waals surface area contributed by atoms with Crippen LogP contribution in [0.25, 0.3) is 20.8 Å². The molecule has 0 saturated heterocycles. The molecule has 55 heavy (non-hydrogen) atoms. The Hall–Kier alpha value is -4.36. The summed E-state index contributed by atoms with van der Waals surface area (Å²) in [6, 6.07) is 15.9. The molecule has 0 aliphatic carbocycles. The first-order chi connectivity index (χ1) is 26.0. The number of thiazole rings is 1. The Kier molecular flexibility index (Phi) is 15.8. The molecule has 1 aromatic heterocycles. The number of Topliss-reactive ketones (excluding diaryl/α,β-unsaturated/α-hetero) is 2. The number of benzene rings is 3. The standard InChI is InChI=1S/C42H51F3N4O4S2/c1-7-9-18-47-33-15-13-29(14-16-33)39-49-36-17-12-28(22-37(36)55-39)21-35(51)26-31-24-32(42(43,44)45)23-30(38(31)54-20-8-2)25-34(50)11-10-19-46-27(3)48-40(52)53-41(4,5)6/h12-17,22-24,46-47H,3,7-11,18-21,25-26H2,1-2,4-6H3,(H,48,52). The van der Waals surface area contributed by atoms with E-state index in [-0.39, 0.29) is 54.2 Å². The highest BCUT2D eigenvalue weighted by atomic mass is 32.2. The molecule has 0 radical (unpaired) electrons. The van der Waals surface area contributed by atoms with Crippen molar-refractivity contribution in [2.24, 2.45) is 0 Å². The van der Waals surface area contributed by atoms with Crippen molar-refractivity contribution in [1.29, 1.82) is 0 Å². The predicted molar refractivity (Wildman–Crippen MR) is 218 cm³/mol. The van der Waals surface area contributed by atoms with Gasteiger partial charge in [-0.2, -0.15) is 13.2 Å². The van der Waals surface area contributed by atoms with Gasteiger partial charge >= 0.3 is 12.3 Å². The van der Waals surface area contributed by atoms with Gasteiger partial charge < -0.3 is 15.4 Å². The van der Waals surface area contributed by atoms with Crippen LogP contribution in [0.3, 0.4) is 0 Å². The third kappa shape index (κ3) is 14.0. The first kappa shape index (κ1) is 43.4. The summed E-state index contributed by atoms with van der Waals surface area (Å²) in [4.78, 5) is 43.9. The molecule has 0 fully saturated rings. The zero-order valence-electron chi connectivity index (χ0n) is 32.2. The van der Waals surface area contributed by atoms with Gasteiger partial charge in [0.15, 0.2) is 0 Å². The van der Waals surface area contributed by atoms with Gasteiger partial charge in [0.25, 0.3) is 0 Å². The van der Waals surface area contributed by atoms with E-state index in [9.17, 15) is 27.6 Å². The number of anilines is 1. The fraction of sp³-hybridized carbons (Fsp3) is 0.429. The maximum Gasteiger partial charge on any atom is 0.416 e. The Bertz CT molecular complexity index is 1950. The number of rotatable bonds is 20. The molecule has 0 unspecified atom stereocenters. The van der Waals surface area contributed by atoms with E-state index in [1.54, 1.807) is 20.8 Å². The quantitative estimate of drug-likeness (QED) is 0.0599. The average molecular weight is 797 g/mol. The molecule has 0 aliphatic rings. The lowest BCUT2D eigenvalue weighted by Gasteiger charge is -2.20.